The number of aliphatic imine (C=N–C) groups is 1. The van der Waals surface area contributed by atoms with Crippen LogP contribution in [-0.4, -0.2) is 27.7 Å². The minimum atomic E-state index is -3.22. The maximum absolute atomic E-state index is 13.7. The van der Waals surface area contributed by atoms with E-state index in [-0.39, 0.29) is 17.7 Å². The number of hydrogen-bond donors (Lipinski definition) is 2. The quantitative estimate of drug-likeness (QED) is 0.489. The Morgan fingerprint density at radius 2 is 1.67 bits per heavy atom. The summed E-state index contributed by atoms with van der Waals surface area (Å²) in [6.45, 7) is 7.51. The van der Waals surface area contributed by atoms with Crippen molar-refractivity contribution in [2.24, 2.45) is 4.99 Å². The summed E-state index contributed by atoms with van der Waals surface area (Å²) in [5.74, 6) is 0.0289. The van der Waals surface area contributed by atoms with Gasteiger partial charge in [0.2, 0.25) is 0 Å². The van der Waals surface area contributed by atoms with Crippen molar-refractivity contribution in [2.75, 3.05) is 13.3 Å². The number of halogens is 1. The van der Waals surface area contributed by atoms with E-state index in [2.05, 4.69) is 60.7 Å². The molecule has 2 rings (SSSR count). The lowest BCUT2D eigenvalue weighted by atomic mass is 9.82. The van der Waals surface area contributed by atoms with Crippen LogP contribution >= 0.6 is 0 Å². The van der Waals surface area contributed by atoms with Crippen LogP contribution in [0, 0.1) is 5.82 Å². The Morgan fingerprint density at radius 1 is 1.03 bits per heavy atom. The van der Waals surface area contributed by atoms with Crippen LogP contribution in [0.4, 0.5) is 4.39 Å². The van der Waals surface area contributed by atoms with Gasteiger partial charge in [-0.15, -0.1) is 0 Å². The van der Waals surface area contributed by atoms with E-state index in [0.29, 0.717) is 23.6 Å². The summed E-state index contributed by atoms with van der Waals surface area (Å²) >= 11 is 0. The van der Waals surface area contributed by atoms with Gasteiger partial charge in [0, 0.05) is 26.4 Å². The van der Waals surface area contributed by atoms with Crippen molar-refractivity contribution < 1.29 is 12.8 Å². The Morgan fingerprint density at radius 3 is 2.23 bits per heavy atom. The van der Waals surface area contributed by atoms with Crippen molar-refractivity contribution in [3.05, 3.63) is 70.5 Å². The summed E-state index contributed by atoms with van der Waals surface area (Å²) in [6.07, 6.45) is 2.24. The van der Waals surface area contributed by atoms with Crippen molar-refractivity contribution in [2.45, 2.75) is 51.4 Å². The molecule has 30 heavy (non-hydrogen) atoms. The molecule has 0 fully saturated rings. The molecule has 0 unspecified atom stereocenters. The number of hydrogen-bond acceptors (Lipinski definition) is 3. The van der Waals surface area contributed by atoms with E-state index < -0.39 is 15.7 Å². The maximum atomic E-state index is 13.7. The molecule has 0 radical (unpaired) electrons. The van der Waals surface area contributed by atoms with E-state index in [4.69, 9.17) is 0 Å². The zero-order chi connectivity index (χ0) is 22.4. The third-order valence-corrected chi connectivity index (χ3v) is 6.17. The molecule has 7 heteroatoms. The Labute approximate surface area is 179 Å². The summed E-state index contributed by atoms with van der Waals surface area (Å²) in [4.78, 5) is 4.20. The molecule has 164 valence electrons. The van der Waals surface area contributed by atoms with Gasteiger partial charge in [-0.2, -0.15) is 0 Å². The predicted octanol–water partition coefficient (Wildman–Crippen LogP) is 3.92. The molecule has 0 bridgehead atoms. The first-order valence-corrected chi connectivity index (χ1v) is 12.1. The van der Waals surface area contributed by atoms with Gasteiger partial charge in [0.15, 0.2) is 15.8 Å². The molecule has 0 aliphatic heterocycles. The smallest absolute Gasteiger partial charge is 0.191 e. The van der Waals surface area contributed by atoms with Crippen molar-refractivity contribution in [1.82, 2.24) is 10.6 Å². The standard InChI is InChI=1S/C23H32FN3O2S/c1-6-23(2,3)20-10-7-17(8-11-20)14-26-22(25-4)27-15-19-13-21(24)12-9-18(19)16-30(5,28)29/h7-13H,6,14-16H2,1-5H3,(H2,25,26,27). The van der Waals surface area contributed by atoms with Crippen LogP contribution in [0.15, 0.2) is 47.5 Å². The third-order valence-electron chi connectivity index (χ3n) is 5.34. The van der Waals surface area contributed by atoms with Gasteiger partial charge in [-0.25, -0.2) is 12.8 Å². The molecule has 0 atom stereocenters. The largest absolute Gasteiger partial charge is 0.352 e. The van der Waals surface area contributed by atoms with Crippen LogP contribution in [0.1, 0.15) is 49.4 Å². The lowest BCUT2D eigenvalue weighted by Gasteiger charge is -2.23. The van der Waals surface area contributed by atoms with Gasteiger partial charge < -0.3 is 10.6 Å². The second-order valence-electron chi connectivity index (χ2n) is 8.20. The number of sulfone groups is 1. The summed E-state index contributed by atoms with van der Waals surface area (Å²) in [5.41, 5.74) is 3.75. The van der Waals surface area contributed by atoms with Crippen LogP contribution in [0.3, 0.4) is 0 Å². The fraction of sp³-hybridized carbons (Fsp3) is 0.435. The Balaban J connectivity index is 2.00. The molecule has 0 aliphatic carbocycles. The molecule has 0 spiro atoms. The fourth-order valence-electron chi connectivity index (χ4n) is 3.05. The minimum absolute atomic E-state index is 0.128. The average molecular weight is 434 g/mol. The normalized spacial score (nSPS) is 12.7. The van der Waals surface area contributed by atoms with E-state index in [1.807, 2.05) is 0 Å². The van der Waals surface area contributed by atoms with Gasteiger partial charge in [-0.3, -0.25) is 4.99 Å². The molecular formula is C23H32FN3O2S. The first-order chi connectivity index (χ1) is 14.0. The number of rotatable bonds is 8. The Kier molecular flexibility index (Phi) is 8.01. The van der Waals surface area contributed by atoms with Gasteiger partial charge in [0.1, 0.15) is 5.82 Å². The van der Waals surface area contributed by atoms with Gasteiger partial charge in [0.05, 0.1) is 5.75 Å². The van der Waals surface area contributed by atoms with E-state index in [9.17, 15) is 12.8 Å². The Bertz CT molecular complexity index is 984. The van der Waals surface area contributed by atoms with E-state index in [1.54, 1.807) is 7.05 Å². The molecular weight excluding hydrogens is 401 g/mol. The van der Waals surface area contributed by atoms with Crippen LogP contribution in [0.5, 0.6) is 0 Å². The molecule has 2 aromatic carbocycles. The first-order valence-electron chi connectivity index (χ1n) is 10.0. The van der Waals surface area contributed by atoms with Crippen molar-refractivity contribution >= 4 is 15.8 Å². The zero-order valence-electron chi connectivity index (χ0n) is 18.4. The molecule has 0 aromatic heterocycles. The average Bonchev–Trinajstić information content (AvgIpc) is 2.69. The highest BCUT2D eigenvalue weighted by atomic mass is 32.2. The lowest BCUT2D eigenvalue weighted by molar-refractivity contribution is 0.506. The third kappa shape index (κ3) is 7.13. The van der Waals surface area contributed by atoms with Crippen LogP contribution in [-0.2, 0) is 34.1 Å². The molecule has 0 saturated carbocycles. The molecule has 2 aromatic rings. The molecule has 5 nitrogen and oxygen atoms in total. The van der Waals surface area contributed by atoms with Gasteiger partial charge in [-0.05, 0) is 46.2 Å². The van der Waals surface area contributed by atoms with Gasteiger partial charge >= 0.3 is 0 Å². The van der Waals surface area contributed by atoms with Crippen molar-refractivity contribution in [1.29, 1.82) is 0 Å². The van der Waals surface area contributed by atoms with E-state index in [1.165, 1.54) is 30.0 Å². The van der Waals surface area contributed by atoms with Crippen molar-refractivity contribution in [3.63, 3.8) is 0 Å². The minimum Gasteiger partial charge on any atom is -0.352 e. The fourth-order valence-corrected chi connectivity index (χ4v) is 3.89. The van der Waals surface area contributed by atoms with Crippen LogP contribution < -0.4 is 10.6 Å². The van der Waals surface area contributed by atoms with E-state index >= 15 is 0 Å². The summed E-state index contributed by atoms with van der Waals surface area (Å²) in [5, 5.41) is 6.37. The highest BCUT2D eigenvalue weighted by Crippen LogP contribution is 2.26. The monoisotopic (exact) mass is 433 g/mol. The number of guanidine groups is 1. The topological polar surface area (TPSA) is 70.6 Å². The summed E-state index contributed by atoms with van der Waals surface area (Å²) < 4.78 is 37.0. The van der Waals surface area contributed by atoms with Gasteiger partial charge in [0.25, 0.3) is 0 Å². The summed E-state index contributed by atoms with van der Waals surface area (Å²) in [7, 11) is -1.56. The maximum Gasteiger partial charge on any atom is 0.191 e. The molecule has 0 saturated heterocycles. The second kappa shape index (κ2) is 10.1. The molecule has 0 heterocycles. The summed E-state index contributed by atoms with van der Waals surface area (Å²) in [6, 6.07) is 12.7. The van der Waals surface area contributed by atoms with Crippen molar-refractivity contribution in [3.8, 4) is 0 Å². The number of benzene rings is 2. The molecule has 2 N–H and O–H groups in total. The Hall–Kier alpha value is -2.41. The highest BCUT2D eigenvalue weighted by Gasteiger charge is 2.17. The van der Waals surface area contributed by atoms with E-state index in [0.717, 1.165) is 12.0 Å². The van der Waals surface area contributed by atoms with Gasteiger partial charge in [-0.1, -0.05) is 51.1 Å². The molecule has 0 amide bonds. The van der Waals surface area contributed by atoms with Crippen LogP contribution in [0.2, 0.25) is 0 Å². The number of nitrogens with one attached hydrogen (secondary N) is 2. The number of nitrogens with zero attached hydrogens (tertiary/aromatic N) is 1. The highest BCUT2D eigenvalue weighted by molar-refractivity contribution is 7.89. The SMILES string of the molecule is CCC(C)(C)c1ccc(CNC(=NC)NCc2cc(F)ccc2CS(C)(=O)=O)cc1. The molecule has 0 aliphatic rings. The predicted molar refractivity (Wildman–Crippen MR) is 122 cm³/mol. The first kappa shape index (κ1) is 23.9. The van der Waals surface area contributed by atoms with Crippen LogP contribution in [0.25, 0.3) is 0 Å². The second-order valence-corrected chi connectivity index (χ2v) is 10.3. The lowest BCUT2D eigenvalue weighted by Crippen LogP contribution is -2.36. The zero-order valence-corrected chi connectivity index (χ0v) is 19.2.